The quantitative estimate of drug-likeness (QED) is 0.897. The van der Waals surface area contributed by atoms with Crippen molar-refractivity contribution < 1.29 is 9.90 Å². The van der Waals surface area contributed by atoms with Gasteiger partial charge in [-0.15, -0.1) is 11.3 Å². The molecule has 1 aliphatic rings. The molecule has 1 saturated heterocycles. The first-order valence-corrected chi connectivity index (χ1v) is 8.28. The molecule has 100 valence electrons. The fraction of sp³-hybridized carbons (Fsp3) is 0.583. The summed E-state index contributed by atoms with van der Waals surface area (Å²) in [5.41, 5.74) is -1.15. The van der Waals surface area contributed by atoms with Crippen LogP contribution in [0.3, 0.4) is 0 Å². The van der Waals surface area contributed by atoms with Gasteiger partial charge in [0.15, 0.2) is 0 Å². The van der Waals surface area contributed by atoms with Gasteiger partial charge in [0.25, 0.3) is 5.91 Å². The zero-order chi connectivity index (χ0) is 13.0. The molecule has 6 heteroatoms. The van der Waals surface area contributed by atoms with Crippen LogP contribution in [0, 0.1) is 0 Å². The third-order valence-electron chi connectivity index (χ3n) is 3.03. The molecular weight excluding hydrogens is 290 g/mol. The molecule has 0 saturated carbocycles. The van der Waals surface area contributed by atoms with E-state index in [1.54, 1.807) is 11.8 Å². The standard InChI is InChI=1S/C12H16ClNO2S2/c13-10-2-1-9(18-10)3-6-14-11(15)12(16)4-7-17-8-5-12/h1-2,16H,3-8H2,(H,14,15). The Labute approximate surface area is 120 Å². The molecule has 0 spiro atoms. The van der Waals surface area contributed by atoms with Gasteiger partial charge in [-0.05, 0) is 42.9 Å². The zero-order valence-corrected chi connectivity index (χ0v) is 12.3. The minimum absolute atomic E-state index is 0.231. The van der Waals surface area contributed by atoms with E-state index in [0.29, 0.717) is 19.4 Å². The van der Waals surface area contributed by atoms with Crippen LogP contribution < -0.4 is 5.32 Å². The highest BCUT2D eigenvalue weighted by molar-refractivity contribution is 7.99. The van der Waals surface area contributed by atoms with Crippen molar-refractivity contribution in [2.75, 3.05) is 18.1 Å². The SMILES string of the molecule is O=C(NCCc1ccc(Cl)s1)C1(O)CCSCC1. The molecule has 1 amide bonds. The van der Waals surface area contributed by atoms with E-state index in [1.165, 1.54) is 11.3 Å². The van der Waals surface area contributed by atoms with Crippen LogP contribution in [-0.2, 0) is 11.2 Å². The molecule has 0 unspecified atom stereocenters. The number of carbonyl (C=O) groups is 1. The fourth-order valence-corrected chi connectivity index (χ4v) is 4.14. The van der Waals surface area contributed by atoms with Gasteiger partial charge in [-0.1, -0.05) is 11.6 Å². The van der Waals surface area contributed by atoms with Gasteiger partial charge in [0.05, 0.1) is 4.34 Å². The number of halogens is 1. The van der Waals surface area contributed by atoms with Gasteiger partial charge in [-0.3, -0.25) is 4.79 Å². The van der Waals surface area contributed by atoms with E-state index < -0.39 is 5.60 Å². The van der Waals surface area contributed by atoms with Gasteiger partial charge in [-0.25, -0.2) is 0 Å². The molecule has 1 aromatic rings. The molecule has 2 rings (SSSR count). The molecular formula is C12H16ClNO2S2. The minimum atomic E-state index is -1.15. The van der Waals surface area contributed by atoms with E-state index in [4.69, 9.17) is 11.6 Å². The first-order chi connectivity index (χ1) is 8.60. The highest BCUT2D eigenvalue weighted by Crippen LogP contribution is 2.27. The Morgan fingerprint density at radius 3 is 2.78 bits per heavy atom. The van der Waals surface area contributed by atoms with Gasteiger partial charge in [0.2, 0.25) is 0 Å². The number of thiophene rings is 1. The van der Waals surface area contributed by atoms with Crippen molar-refractivity contribution in [2.45, 2.75) is 24.9 Å². The molecule has 0 aliphatic carbocycles. The number of amides is 1. The lowest BCUT2D eigenvalue weighted by atomic mass is 9.96. The summed E-state index contributed by atoms with van der Waals surface area (Å²) in [7, 11) is 0. The van der Waals surface area contributed by atoms with E-state index in [2.05, 4.69) is 5.32 Å². The molecule has 2 heterocycles. The summed E-state index contributed by atoms with van der Waals surface area (Å²) >= 11 is 9.14. The number of hydrogen-bond donors (Lipinski definition) is 2. The smallest absolute Gasteiger partial charge is 0.252 e. The summed E-state index contributed by atoms with van der Waals surface area (Å²) < 4.78 is 0.763. The number of hydrogen-bond acceptors (Lipinski definition) is 4. The van der Waals surface area contributed by atoms with Crippen LogP contribution in [0.2, 0.25) is 4.34 Å². The van der Waals surface area contributed by atoms with Crippen LogP contribution in [0.15, 0.2) is 12.1 Å². The normalized spacial score (nSPS) is 18.6. The Hall–Kier alpha value is -0.230. The monoisotopic (exact) mass is 305 g/mol. The van der Waals surface area contributed by atoms with Crippen molar-refractivity contribution >= 4 is 40.6 Å². The van der Waals surface area contributed by atoms with Crippen molar-refractivity contribution in [2.24, 2.45) is 0 Å². The maximum Gasteiger partial charge on any atom is 0.252 e. The first-order valence-electron chi connectivity index (χ1n) is 5.93. The Kier molecular flexibility index (Phi) is 4.95. The number of carbonyl (C=O) groups excluding carboxylic acids is 1. The maximum absolute atomic E-state index is 11.9. The predicted molar refractivity (Wildman–Crippen MR) is 77.6 cm³/mol. The molecule has 0 bridgehead atoms. The molecule has 1 fully saturated rings. The third-order valence-corrected chi connectivity index (χ3v) is 5.30. The van der Waals surface area contributed by atoms with Crippen molar-refractivity contribution in [1.82, 2.24) is 5.32 Å². The van der Waals surface area contributed by atoms with Gasteiger partial charge in [-0.2, -0.15) is 11.8 Å². The lowest BCUT2D eigenvalue weighted by Gasteiger charge is -2.30. The van der Waals surface area contributed by atoms with Crippen LogP contribution in [0.25, 0.3) is 0 Å². The fourth-order valence-electron chi connectivity index (χ4n) is 1.89. The van der Waals surface area contributed by atoms with Crippen LogP contribution in [0.5, 0.6) is 0 Å². The number of nitrogens with one attached hydrogen (secondary N) is 1. The van der Waals surface area contributed by atoms with E-state index >= 15 is 0 Å². The summed E-state index contributed by atoms with van der Waals surface area (Å²) in [5.74, 6) is 1.47. The maximum atomic E-state index is 11.9. The summed E-state index contributed by atoms with van der Waals surface area (Å²) in [6, 6.07) is 3.82. The highest BCUT2D eigenvalue weighted by atomic mass is 35.5. The van der Waals surface area contributed by atoms with Crippen LogP contribution in [-0.4, -0.2) is 34.7 Å². The summed E-state index contributed by atoms with van der Waals surface area (Å²) in [6.07, 6.45) is 1.86. The average Bonchev–Trinajstić information content (AvgIpc) is 2.76. The molecule has 0 atom stereocenters. The lowest BCUT2D eigenvalue weighted by molar-refractivity contribution is -0.140. The van der Waals surface area contributed by atoms with E-state index in [1.807, 2.05) is 12.1 Å². The van der Waals surface area contributed by atoms with Gasteiger partial charge < -0.3 is 10.4 Å². The molecule has 1 aliphatic heterocycles. The van der Waals surface area contributed by atoms with Crippen molar-refractivity contribution in [1.29, 1.82) is 0 Å². The first kappa shape index (κ1) is 14.2. The zero-order valence-electron chi connectivity index (χ0n) is 9.95. The van der Waals surface area contributed by atoms with Gasteiger partial charge in [0.1, 0.15) is 5.60 Å². The van der Waals surface area contributed by atoms with E-state index in [-0.39, 0.29) is 5.91 Å². The van der Waals surface area contributed by atoms with Crippen LogP contribution in [0.1, 0.15) is 17.7 Å². The number of rotatable bonds is 4. The van der Waals surface area contributed by atoms with Crippen LogP contribution >= 0.6 is 34.7 Å². The topological polar surface area (TPSA) is 49.3 Å². The van der Waals surface area contributed by atoms with Crippen molar-refractivity contribution in [3.05, 3.63) is 21.3 Å². The van der Waals surface area contributed by atoms with Gasteiger partial charge >= 0.3 is 0 Å². The van der Waals surface area contributed by atoms with Crippen LogP contribution in [0.4, 0.5) is 0 Å². The Balaban J connectivity index is 1.77. The summed E-state index contributed by atoms with van der Waals surface area (Å²) in [5, 5.41) is 13.0. The van der Waals surface area contributed by atoms with Crippen molar-refractivity contribution in [3.63, 3.8) is 0 Å². The molecule has 18 heavy (non-hydrogen) atoms. The molecule has 3 nitrogen and oxygen atoms in total. The molecule has 2 N–H and O–H groups in total. The molecule has 0 radical (unpaired) electrons. The second-order valence-corrected chi connectivity index (χ2v) is 7.38. The second kappa shape index (κ2) is 6.28. The highest BCUT2D eigenvalue weighted by Gasteiger charge is 2.36. The van der Waals surface area contributed by atoms with E-state index in [0.717, 1.165) is 27.1 Å². The largest absolute Gasteiger partial charge is 0.380 e. The summed E-state index contributed by atoms with van der Waals surface area (Å²) in [4.78, 5) is 13.1. The van der Waals surface area contributed by atoms with Crippen molar-refractivity contribution in [3.8, 4) is 0 Å². The Bertz CT molecular complexity index is 416. The lowest BCUT2D eigenvalue weighted by Crippen LogP contribution is -2.49. The third kappa shape index (κ3) is 3.63. The Morgan fingerprint density at radius 1 is 1.44 bits per heavy atom. The summed E-state index contributed by atoms with van der Waals surface area (Å²) in [6.45, 7) is 0.547. The minimum Gasteiger partial charge on any atom is -0.380 e. The number of thioether (sulfide) groups is 1. The molecule has 1 aromatic heterocycles. The Morgan fingerprint density at radius 2 is 2.17 bits per heavy atom. The van der Waals surface area contributed by atoms with Gasteiger partial charge in [0, 0.05) is 11.4 Å². The second-order valence-electron chi connectivity index (χ2n) is 4.36. The number of aliphatic hydroxyl groups is 1. The van der Waals surface area contributed by atoms with E-state index in [9.17, 15) is 9.90 Å². The predicted octanol–water partition coefficient (Wildman–Crippen LogP) is 2.32. The molecule has 0 aromatic carbocycles. The average molecular weight is 306 g/mol.